The number of unbranched alkanes of at least 4 members (excludes halogenated alkanes) is 20. The maximum absolute atomic E-state index is 6.79. The molecule has 2 aliphatic rings. The van der Waals surface area contributed by atoms with E-state index in [1.54, 1.807) is 0 Å². The average molecular weight is 889 g/mol. The van der Waals surface area contributed by atoms with E-state index in [4.69, 9.17) is 34.1 Å². The Kier molecular flexibility index (Phi) is 23.4. The smallest absolute Gasteiger partial charge is 0.213 e. The van der Waals surface area contributed by atoms with Crippen LogP contribution in [0.4, 0.5) is 0 Å². The van der Waals surface area contributed by atoms with Gasteiger partial charge in [-0.1, -0.05) is 181 Å². The molecule has 0 radical (unpaired) electrons. The van der Waals surface area contributed by atoms with Crippen molar-refractivity contribution in [3.63, 3.8) is 0 Å². The Labute approximate surface area is 393 Å². The fourth-order valence-electron chi connectivity index (χ4n) is 8.73. The molecular formula is C56H84N6O3. The molecule has 0 saturated heterocycles. The second kappa shape index (κ2) is 30.2. The lowest BCUT2D eigenvalue weighted by atomic mass is 10.1. The molecule has 4 heterocycles. The summed E-state index contributed by atoms with van der Waals surface area (Å²) in [7, 11) is 0. The molecule has 2 saturated carbocycles. The van der Waals surface area contributed by atoms with E-state index in [9.17, 15) is 0 Å². The van der Waals surface area contributed by atoms with Gasteiger partial charge in [-0.15, -0.1) is 0 Å². The lowest BCUT2D eigenvalue weighted by Crippen LogP contribution is -2.05. The number of nitrogens with zero attached hydrogens (tertiary/aromatic N) is 6. The fraction of sp³-hybridized carbons (Fsp3) is 0.679. The van der Waals surface area contributed by atoms with Crippen LogP contribution in [-0.2, 0) is 12.8 Å². The van der Waals surface area contributed by atoms with E-state index >= 15 is 0 Å². The molecule has 0 bridgehead atoms. The van der Waals surface area contributed by atoms with E-state index < -0.39 is 0 Å². The van der Waals surface area contributed by atoms with Crippen molar-refractivity contribution in [2.24, 2.45) is 11.8 Å². The largest absolute Gasteiger partial charge is 0.478 e. The predicted molar refractivity (Wildman–Crippen MR) is 266 cm³/mol. The lowest BCUT2D eigenvalue weighted by Gasteiger charge is -2.15. The highest BCUT2D eigenvalue weighted by molar-refractivity contribution is 5.56. The van der Waals surface area contributed by atoms with Crippen LogP contribution in [0.5, 0.6) is 23.3 Å². The number of rotatable bonds is 38. The second-order valence-corrected chi connectivity index (χ2v) is 19.3. The van der Waals surface area contributed by atoms with Crippen molar-refractivity contribution in [1.29, 1.82) is 0 Å². The van der Waals surface area contributed by atoms with Gasteiger partial charge >= 0.3 is 0 Å². The van der Waals surface area contributed by atoms with Gasteiger partial charge in [0.05, 0.1) is 37.0 Å². The van der Waals surface area contributed by atoms with Crippen molar-refractivity contribution in [1.82, 2.24) is 29.9 Å². The molecule has 65 heavy (non-hydrogen) atoms. The maximum Gasteiger partial charge on any atom is 0.213 e. The monoisotopic (exact) mass is 889 g/mol. The van der Waals surface area contributed by atoms with Crippen LogP contribution in [-0.4, -0.2) is 43.1 Å². The van der Waals surface area contributed by atoms with Gasteiger partial charge in [0, 0.05) is 35.7 Å². The lowest BCUT2D eigenvalue weighted by molar-refractivity contribution is 0.293. The number of hydrogen-bond acceptors (Lipinski definition) is 9. The molecule has 0 N–H and O–H groups in total. The topological polar surface area (TPSA) is 105 Å². The summed E-state index contributed by atoms with van der Waals surface area (Å²) in [5.41, 5.74) is 3.56. The molecule has 4 aromatic rings. The average Bonchev–Trinajstić information content (AvgIpc) is 4.29. The van der Waals surface area contributed by atoms with Gasteiger partial charge in [-0.3, -0.25) is 0 Å². The van der Waals surface area contributed by atoms with Gasteiger partial charge < -0.3 is 14.2 Å². The van der Waals surface area contributed by atoms with Crippen LogP contribution in [0.15, 0.2) is 49.1 Å². The summed E-state index contributed by atoms with van der Waals surface area (Å²) in [4.78, 5) is 29.2. The Balaban J connectivity index is 1.11. The van der Waals surface area contributed by atoms with E-state index in [0.29, 0.717) is 48.1 Å². The van der Waals surface area contributed by atoms with E-state index in [1.165, 1.54) is 167 Å². The summed E-state index contributed by atoms with van der Waals surface area (Å²) in [5.74, 6) is 6.00. The van der Waals surface area contributed by atoms with E-state index in [1.807, 2.05) is 49.1 Å². The van der Waals surface area contributed by atoms with Crippen molar-refractivity contribution in [2.75, 3.05) is 13.2 Å². The number of ether oxygens (including phenoxy) is 3. The van der Waals surface area contributed by atoms with Crippen molar-refractivity contribution in [3.05, 3.63) is 60.4 Å². The van der Waals surface area contributed by atoms with Crippen LogP contribution in [0, 0.1) is 11.8 Å². The van der Waals surface area contributed by atoms with Crippen LogP contribution in [0.3, 0.4) is 0 Å². The molecule has 9 heteroatoms. The number of aromatic nitrogens is 6. The third-order valence-electron chi connectivity index (χ3n) is 13.3. The van der Waals surface area contributed by atoms with Gasteiger partial charge in [0.1, 0.15) is 0 Å². The normalized spacial score (nSPS) is 13.6. The van der Waals surface area contributed by atoms with Crippen molar-refractivity contribution >= 4 is 0 Å². The minimum atomic E-state index is 0.646. The van der Waals surface area contributed by atoms with E-state index in [2.05, 4.69) is 23.8 Å². The van der Waals surface area contributed by atoms with Crippen LogP contribution in [0.2, 0.25) is 0 Å². The van der Waals surface area contributed by atoms with Crippen molar-refractivity contribution in [3.8, 4) is 46.0 Å². The Bertz CT molecular complexity index is 1730. The minimum Gasteiger partial charge on any atom is -0.478 e. The first-order valence-corrected chi connectivity index (χ1v) is 26.8. The summed E-state index contributed by atoms with van der Waals surface area (Å²) in [5, 5.41) is 0. The zero-order chi connectivity index (χ0) is 45.0. The molecule has 0 atom stereocenters. The van der Waals surface area contributed by atoms with Gasteiger partial charge in [-0.2, -0.15) is 0 Å². The standard InChI is InChI=1S/C56H84N6O3/c1-3-5-7-9-19-25-39-63-53-37-35-47(41-57-53)55-59-43-51(49(61-55)29-23-17-13-11-15-21-27-45-31-32-45)65-52-44-60-56(62-50(52)30-24-18-14-12-16-22-28-46-33-34-46)48-36-38-54(58-42-48)64-40-26-20-10-8-6-4-2/h35-38,41-46H,3-34,39-40H2,1-2H3. The highest BCUT2D eigenvalue weighted by Crippen LogP contribution is 2.35. The summed E-state index contributed by atoms with van der Waals surface area (Å²) in [6.45, 7) is 5.89. The molecule has 4 aromatic heterocycles. The van der Waals surface area contributed by atoms with Gasteiger partial charge in [-0.05, 0) is 62.5 Å². The Morgan fingerprint density at radius 3 is 1.18 bits per heavy atom. The number of hydrogen-bond donors (Lipinski definition) is 0. The predicted octanol–water partition coefficient (Wildman–Crippen LogP) is 16.0. The highest BCUT2D eigenvalue weighted by Gasteiger charge is 2.21. The summed E-state index contributed by atoms with van der Waals surface area (Å²) in [6, 6.07) is 7.92. The first kappa shape index (κ1) is 50.3. The number of pyridine rings is 2. The van der Waals surface area contributed by atoms with Gasteiger partial charge in [0.15, 0.2) is 23.1 Å². The zero-order valence-electron chi connectivity index (χ0n) is 40.7. The first-order valence-electron chi connectivity index (χ1n) is 26.8. The molecule has 0 amide bonds. The summed E-state index contributed by atoms with van der Waals surface area (Å²) < 4.78 is 18.8. The quantitative estimate of drug-likeness (QED) is 0.0407. The molecule has 6 rings (SSSR count). The third kappa shape index (κ3) is 20.1. The minimum absolute atomic E-state index is 0.646. The van der Waals surface area contributed by atoms with E-state index in [0.717, 1.165) is 72.9 Å². The SMILES string of the molecule is CCCCCCCCOc1ccc(-c2ncc(Oc3cnc(-c4ccc(OCCCCCCCC)nc4)nc3CCCCCCCCC3CC3)c(CCCCCCCCC3CC3)n2)cn1. The molecule has 2 aliphatic carbocycles. The van der Waals surface area contributed by atoms with Crippen molar-refractivity contribution in [2.45, 2.75) is 219 Å². The van der Waals surface area contributed by atoms with Gasteiger partial charge in [0.2, 0.25) is 11.8 Å². The van der Waals surface area contributed by atoms with Gasteiger partial charge in [0.25, 0.3) is 0 Å². The van der Waals surface area contributed by atoms with Crippen LogP contribution >= 0.6 is 0 Å². The molecular weight excluding hydrogens is 805 g/mol. The van der Waals surface area contributed by atoms with Crippen LogP contribution in [0.25, 0.3) is 22.8 Å². The van der Waals surface area contributed by atoms with Gasteiger partial charge in [-0.25, -0.2) is 29.9 Å². The Morgan fingerprint density at radius 2 is 0.800 bits per heavy atom. The zero-order valence-corrected chi connectivity index (χ0v) is 40.7. The molecule has 0 unspecified atom stereocenters. The Hall–Kier alpha value is -4.14. The molecule has 0 aromatic carbocycles. The maximum atomic E-state index is 6.79. The molecule has 9 nitrogen and oxygen atoms in total. The molecule has 2 fully saturated rings. The van der Waals surface area contributed by atoms with Crippen LogP contribution < -0.4 is 14.2 Å². The first-order chi connectivity index (χ1) is 32.2. The van der Waals surface area contributed by atoms with E-state index in [-0.39, 0.29) is 0 Å². The Morgan fingerprint density at radius 1 is 0.415 bits per heavy atom. The third-order valence-corrected chi connectivity index (χ3v) is 13.3. The molecule has 0 spiro atoms. The molecule has 0 aliphatic heterocycles. The molecule has 356 valence electrons. The second-order valence-electron chi connectivity index (χ2n) is 19.3. The summed E-state index contributed by atoms with van der Waals surface area (Å²) in [6.07, 6.45) is 47.5. The summed E-state index contributed by atoms with van der Waals surface area (Å²) >= 11 is 0. The van der Waals surface area contributed by atoms with Crippen LogP contribution in [0.1, 0.15) is 218 Å². The number of aryl methyl sites for hydroxylation is 2. The van der Waals surface area contributed by atoms with Crippen molar-refractivity contribution < 1.29 is 14.2 Å². The highest BCUT2D eigenvalue weighted by atomic mass is 16.5. The fourth-order valence-corrected chi connectivity index (χ4v) is 8.73.